The zero-order chi connectivity index (χ0) is 13.3. The highest BCUT2D eigenvalue weighted by atomic mass is 35.5. The fourth-order valence-corrected chi connectivity index (χ4v) is 2.56. The van der Waals surface area contributed by atoms with Gasteiger partial charge in [-0.2, -0.15) is 0 Å². The molecule has 1 aromatic carbocycles. The molecule has 5 heteroatoms. The lowest BCUT2D eigenvalue weighted by atomic mass is 10.1. The summed E-state index contributed by atoms with van der Waals surface area (Å²) >= 11 is 5.95. The van der Waals surface area contributed by atoms with Gasteiger partial charge >= 0.3 is 0 Å². The molecule has 1 aliphatic rings. The van der Waals surface area contributed by atoms with E-state index >= 15 is 0 Å². The van der Waals surface area contributed by atoms with E-state index in [4.69, 9.17) is 17.3 Å². The first kappa shape index (κ1) is 13.3. The van der Waals surface area contributed by atoms with Gasteiger partial charge in [0, 0.05) is 19.1 Å². The summed E-state index contributed by atoms with van der Waals surface area (Å²) in [6.07, 6.45) is 1.87. The predicted molar refractivity (Wildman–Crippen MR) is 69.3 cm³/mol. The molecule has 1 atom stereocenters. The first-order chi connectivity index (χ1) is 8.54. The van der Waals surface area contributed by atoms with Crippen LogP contribution in [0.5, 0.6) is 0 Å². The normalized spacial score (nSPS) is 19.3. The molecule has 0 radical (unpaired) electrons. The standard InChI is InChI=1S/C13H16ClFN2O/c1-8-5-10(11(14)6-12(8)15)13(18)17-4-2-3-9(17)7-16/h5-6,9H,2-4,7,16H2,1H3. The minimum absolute atomic E-state index is 0.0684. The van der Waals surface area contributed by atoms with Crippen LogP contribution in [0.15, 0.2) is 12.1 Å². The van der Waals surface area contributed by atoms with Gasteiger partial charge in [-0.05, 0) is 37.5 Å². The average Bonchev–Trinajstić information content (AvgIpc) is 2.81. The lowest BCUT2D eigenvalue weighted by Crippen LogP contribution is -2.40. The Morgan fingerprint density at radius 1 is 1.61 bits per heavy atom. The first-order valence-electron chi connectivity index (χ1n) is 6.01. The lowest BCUT2D eigenvalue weighted by Gasteiger charge is -2.24. The summed E-state index contributed by atoms with van der Waals surface area (Å²) in [7, 11) is 0. The molecule has 1 heterocycles. The Morgan fingerprint density at radius 3 is 3.00 bits per heavy atom. The molecule has 1 aromatic rings. The second kappa shape index (κ2) is 5.24. The molecule has 1 fully saturated rings. The monoisotopic (exact) mass is 270 g/mol. The number of hydrogen-bond donors (Lipinski definition) is 1. The quantitative estimate of drug-likeness (QED) is 0.897. The molecule has 0 aliphatic carbocycles. The Hall–Kier alpha value is -1.13. The maximum absolute atomic E-state index is 13.3. The minimum Gasteiger partial charge on any atom is -0.334 e. The van der Waals surface area contributed by atoms with Crippen molar-refractivity contribution in [1.29, 1.82) is 0 Å². The number of nitrogens with two attached hydrogens (primary N) is 1. The number of amides is 1. The van der Waals surface area contributed by atoms with Gasteiger partial charge in [-0.25, -0.2) is 4.39 Å². The summed E-state index contributed by atoms with van der Waals surface area (Å²) in [5.41, 5.74) is 6.43. The third-order valence-electron chi connectivity index (χ3n) is 3.39. The topological polar surface area (TPSA) is 46.3 Å². The molecule has 3 nitrogen and oxygen atoms in total. The third-order valence-corrected chi connectivity index (χ3v) is 3.70. The molecule has 0 bridgehead atoms. The maximum Gasteiger partial charge on any atom is 0.255 e. The van der Waals surface area contributed by atoms with Crippen LogP contribution in [0.4, 0.5) is 4.39 Å². The van der Waals surface area contributed by atoms with Gasteiger partial charge in [0.25, 0.3) is 5.91 Å². The van der Waals surface area contributed by atoms with Crippen LogP contribution in [0.3, 0.4) is 0 Å². The van der Waals surface area contributed by atoms with E-state index in [1.807, 2.05) is 0 Å². The van der Waals surface area contributed by atoms with Crippen molar-refractivity contribution >= 4 is 17.5 Å². The van der Waals surface area contributed by atoms with E-state index in [0.29, 0.717) is 24.2 Å². The van der Waals surface area contributed by atoms with Crippen LogP contribution < -0.4 is 5.73 Å². The molecular weight excluding hydrogens is 255 g/mol. The van der Waals surface area contributed by atoms with Crippen LogP contribution in [-0.2, 0) is 0 Å². The van der Waals surface area contributed by atoms with Gasteiger partial charge in [0.1, 0.15) is 5.82 Å². The van der Waals surface area contributed by atoms with Gasteiger partial charge < -0.3 is 10.6 Å². The molecule has 98 valence electrons. The van der Waals surface area contributed by atoms with E-state index in [0.717, 1.165) is 12.8 Å². The van der Waals surface area contributed by atoms with E-state index in [1.54, 1.807) is 11.8 Å². The molecule has 1 aliphatic heterocycles. The van der Waals surface area contributed by atoms with Crippen LogP contribution >= 0.6 is 11.6 Å². The smallest absolute Gasteiger partial charge is 0.255 e. The molecule has 18 heavy (non-hydrogen) atoms. The van der Waals surface area contributed by atoms with E-state index in [-0.39, 0.29) is 17.0 Å². The Labute approximate surface area is 111 Å². The van der Waals surface area contributed by atoms with E-state index in [1.165, 1.54) is 12.1 Å². The number of halogens is 2. The van der Waals surface area contributed by atoms with Crippen LogP contribution in [0, 0.1) is 12.7 Å². The van der Waals surface area contributed by atoms with Crippen molar-refractivity contribution in [2.45, 2.75) is 25.8 Å². The van der Waals surface area contributed by atoms with E-state index in [9.17, 15) is 9.18 Å². The van der Waals surface area contributed by atoms with Crippen LogP contribution in [0.1, 0.15) is 28.8 Å². The fraction of sp³-hybridized carbons (Fsp3) is 0.462. The third kappa shape index (κ3) is 2.35. The number of carbonyl (C=O) groups is 1. The van der Waals surface area contributed by atoms with Crippen LogP contribution in [0.25, 0.3) is 0 Å². The van der Waals surface area contributed by atoms with Crippen molar-refractivity contribution in [1.82, 2.24) is 4.90 Å². The number of rotatable bonds is 2. The average molecular weight is 271 g/mol. The molecular formula is C13H16ClFN2O. The van der Waals surface area contributed by atoms with Crippen molar-refractivity contribution in [2.75, 3.05) is 13.1 Å². The van der Waals surface area contributed by atoms with Crippen molar-refractivity contribution in [3.05, 3.63) is 34.1 Å². The minimum atomic E-state index is -0.395. The van der Waals surface area contributed by atoms with Crippen LogP contribution in [0.2, 0.25) is 5.02 Å². The Bertz CT molecular complexity index is 478. The summed E-state index contributed by atoms with van der Waals surface area (Å²) < 4.78 is 13.3. The van der Waals surface area contributed by atoms with E-state index in [2.05, 4.69) is 0 Å². The number of benzene rings is 1. The molecule has 2 N–H and O–H groups in total. The van der Waals surface area contributed by atoms with Gasteiger partial charge in [-0.1, -0.05) is 11.6 Å². The fourth-order valence-electron chi connectivity index (χ4n) is 2.32. The zero-order valence-electron chi connectivity index (χ0n) is 10.2. The van der Waals surface area contributed by atoms with Crippen LogP contribution in [-0.4, -0.2) is 29.9 Å². The Kier molecular flexibility index (Phi) is 3.88. The highest BCUT2D eigenvalue weighted by Crippen LogP contribution is 2.25. The Balaban J connectivity index is 2.31. The molecule has 0 aromatic heterocycles. The molecule has 2 rings (SSSR count). The first-order valence-corrected chi connectivity index (χ1v) is 6.39. The number of carbonyl (C=O) groups excluding carboxylic acids is 1. The highest BCUT2D eigenvalue weighted by molar-refractivity contribution is 6.33. The largest absolute Gasteiger partial charge is 0.334 e. The number of aryl methyl sites for hydroxylation is 1. The summed E-state index contributed by atoms with van der Waals surface area (Å²) in [5, 5.41) is 0.158. The van der Waals surface area contributed by atoms with Gasteiger partial charge in [0.15, 0.2) is 0 Å². The number of likely N-dealkylation sites (tertiary alicyclic amines) is 1. The number of hydrogen-bond acceptors (Lipinski definition) is 2. The van der Waals surface area contributed by atoms with E-state index < -0.39 is 5.82 Å². The molecule has 1 amide bonds. The molecule has 0 spiro atoms. The molecule has 1 saturated heterocycles. The highest BCUT2D eigenvalue weighted by Gasteiger charge is 2.29. The van der Waals surface area contributed by atoms with Gasteiger partial charge in [0.2, 0.25) is 0 Å². The van der Waals surface area contributed by atoms with Crippen molar-refractivity contribution < 1.29 is 9.18 Å². The van der Waals surface area contributed by atoms with Crippen molar-refractivity contribution in [3.63, 3.8) is 0 Å². The predicted octanol–water partition coefficient (Wildman–Crippen LogP) is 2.35. The molecule has 0 saturated carbocycles. The maximum atomic E-state index is 13.3. The summed E-state index contributed by atoms with van der Waals surface area (Å²) in [6, 6.07) is 2.77. The second-order valence-corrected chi connectivity index (χ2v) is 5.02. The SMILES string of the molecule is Cc1cc(C(=O)N2CCCC2CN)c(Cl)cc1F. The van der Waals surface area contributed by atoms with Crippen molar-refractivity contribution in [2.24, 2.45) is 5.73 Å². The zero-order valence-corrected chi connectivity index (χ0v) is 11.0. The second-order valence-electron chi connectivity index (χ2n) is 4.61. The summed E-state index contributed by atoms with van der Waals surface area (Å²) in [4.78, 5) is 14.1. The van der Waals surface area contributed by atoms with Crippen molar-refractivity contribution in [3.8, 4) is 0 Å². The van der Waals surface area contributed by atoms with Gasteiger partial charge in [0.05, 0.1) is 10.6 Å². The summed E-state index contributed by atoms with van der Waals surface area (Å²) in [6.45, 7) is 2.75. The van der Waals surface area contributed by atoms with Gasteiger partial charge in [-0.3, -0.25) is 4.79 Å². The number of nitrogens with zero attached hydrogens (tertiary/aromatic N) is 1. The Morgan fingerprint density at radius 2 is 2.33 bits per heavy atom. The molecule has 1 unspecified atom stereocenters. The summed E-state index contributed by atoms with van der Waals surface area (Å²) in [5.74, 6) is -0.551. The lowest BCUT2D eigenvalue weighted by molar-refractivity contribution is 0.0741. The van der Waals surface area contributed by atoms with Gasteiger partial charge in [-0.15, -0.1) is 0 Å².